The number of ketones is 2. The lowest BCUT2D eigenvalue weighted by molar-refractivity contribution is -0.126. The second-order valence-corrected chi connectivity index (χ2v) is 5.14. The van der Waals surface area contributed by atoms with Crippen LogP contribution in [0.4, 0.5) is 0 Å². The molecule has 0 saturated heterocycles. The number of hydrogen-bond acceptors (Lipinski definition) is 3. The van der Waals surface area contributed by atoms with Gasteiger partial charge in [-0.2, -0.15) is 0 Å². The molecule has 1 aromatic carbocycles. The number of carbonyl (C=O) groups is 2. The molecule has 0 aliphatic carbocycles. The molecule has 0 radical (unpaired) electrons. The van der Waals surface area contributed by atoms with Gasteiger partial charge in [0.05, 0.1) is 16.7 Å². The van der Waals surface area contributed by atoms with Crippen LogP contribution in [0, 0.1) is 5.92 Å². The maximum absolute atomic E-state index is 11.9. The average Bonchev–Trinajstić information content (AvgIpc) is 2.43. The molecule has 98 valence electrons. The van der Waals surface area contributed by atoms with Crippen molar-refractivity contribution in [2.24, 2.45) is 11.7 Å². The number of halogens is 2. The highest BCUT2D eigenvalue weighted by Crippen LogP contribution is 2.15. The number of Topliss-reactive ketones (excluding diaryl/α,β-unsaturated/α-hetero) is 2. The Labute approximate surface area is 123 Å². The topological polar surface area (TPSA) is 60.2 Å². The Kier molecular flexibility index (Phi) is 6.75. The van der Waals surface area contributed by atoms with Gasteiger partial charge in [0.25, 0.3) is 0 Å². The lowest BCUT2D eigenvalue weighted by Gasteiger charge is -2.20. The van der Waals surface area contributed by atoms with Crippen LogP contribution in [0.2, 0.25) is 0 Å². The summed E-state index contributed by atoms with van der Waals surface area (Å²) in [5.41, 5.74) is 6.88. The Morgan fingerprint density at radius 1 is 1.06 bits per heavy atom. The van der Waals surface area contributed by atoms with E-state index < -0.39 is 12.0 Å². The van der Waals surface area contributed by atoms with E-state index in [9.17, 15) is 9.59 Å². The van der Waals surface area contributed by atoms with Gasteiger partial charge in [-0.3, -0.25) is 9.59 Å². The Balaban J connectivity index is 2.86. The van der Waals surface area contributed by atoms with E-state index in [-0.39, 0.29) is 22.2 Å². The third-order valence-electron chi connectivity index (χ3n) is 2.78. The highest BCUT2D eigenvalue weighted by atomic mass is 79.9. The number of alkyl halides is 2. The maximum Gasteiger partial charge on any atom is 0.160 e. The van der Waals surface area contributed by atoms with Crippen LogP contribution in [0.1, 0.15) is 5.56 Å². The predicted molar refractivity (Wildman–Crippen MR) is 79.2 cm³/mol. The Morgan fingerprint density at radius 3 is 2.11 bits per heavy atom. The molecule has 1 aromatic rings. The quantitative estimate of drug-likeness (QED) is 0.741. The number of rotatable bonds is 7. The molecule has 0 heterocycles. The SMILES string of the molecule is NC(C(=O)CBr)C(Cc1ccccc1)C(=O)CBr. The van der Waals surface area contributed by atoms with E-state index in [1.807, 2.05) is 30.3 Å². The van der Waals surface area contributed by atoms with Gasteiger partial charge in [-0.25, -0.2) is 0 Å². The summed E-state index contributed by atoms with van der Waals surface area (Å²) in [6, 6.07) is 8.83. The molecular formula is C13H15Br2NO2. The number of benzene rings is 1. The summed E-state index contributed by atoms with van der Waals surface area (Å²) in [7, 11) is 0. The van der Waals surface area contributed by atoms with Gasteiger partial charge in [0.2, 0.25) is 0 Å². The zero-order chi connectivity index (χ0) is 13.5. The third kappa shape index (κ3) is 4.30. The molecule has 1 rings (SSSR count). The summed E-state index contributed by atoms with van der Waals surface area (Å²) in [4.78, 5) is 23.5. The fraction of sp³-hybridized carbons (Fsp3) is 0.385. The fourth-order valence-electron chi connectivity index (χ4n) is 1.72. The van der Waals surface area contributed by atoms with Crippen LogP contribution in [-0.2, 0) is 16.0 Å². The Bertz CT molecular complexity index is 409. The van der Waals surface area contributed by atoms with E-state index >= 15 is 0 Å². The highest BCUT2D eigenvalue weighted by Gasteiger charge is 2.29. The van der Waals surface area contributed by atoms with E-state index in [1.54, 1.807) is 0 Å². The van der Waals surface area contributed by atoms with Crippen molar-refractivity contribution in [3.63, 3.8) is 0 Å². The van der Waals surface area contributed by atoms with Crippen LogP contribution in [-0.4, -0.2) is 28.3 Å². The first kappa shape index (κ1) is 15.5. The average molecular weight is 377 g/mol. The smallest absolute Gasteiger partial charge is 0.160 e. The molecule has 0 bridgehead atoms. The Morgan fingerprint density at radius 2 is 1.61 bits per heavy atom. The van der Waals surface area contributed by atoms with E-state index in [4.69, 9.17) is 5.73 Å². The van der Waals surface area contributed by atoms with Gasteiger partial charge in [0, 0.05) is 5.92 Å². The van der Waals surface area contributed by atoms with Gasteiger partial charge in [-0.05, 0) is 12.0 Å². The van der Waals surface area contributed by atoms with Crippen molar-refractivity contribution < 1.29 is 9.59 Å². The number of nitrogens with two attached hydrogens (primary N) is 1. The first-order valence-electron chi connectivity index (χ1n) is 5.57. The molecule has 2 N–H and O–H groups in total. The molecule has 2 unspecified atom stereocenters. The maximum atomic E-state index is 11.9. The zero-order valence-corrected chi connectivity index (χ0v) is 13.0. The Hall–Kier alpha value is -0.520. The minimum absolute atomic E-state index is 0.0411. The second kappa shape index (κ2) is 7.81. The third-order valence-corrected chi connectivity index (χ3v) is 3.89. The molecule has 0 amide bonds. The van der Waals surface area contributed by atoms with Gasteiger partial charge in [0.1, 0.15) is 5.78 Å². The van der Waals surface area contributed by atoms with Crippen molar-refractivity contribution in [1.82, 2.24) is 0 Å². The van der Waals surface area contributed by atoms with Gasteiger partial charge < -0.3 is 5.73 Å². The van der Waals surface area contributed by atoms with Crippen molar-refractivity contribution in [3.8, 4) is 0 Å². The molecule has 18 heavy (non-hydrogen) atoms. The largest absolute Gasteiger partial charge is 0.321 e. The van der Waals surface area contributed by atoms with Crippen molar-refractivity contribution >= 4 is 43.4 Å². The van der Waals surface area contributed by atoms with Gasteiger partial charge in [-0.1, -0.05) is 62.2 Å². The zero-order valence-electron chi connectivity index (χ0n) is 9.81. The van der Waals surface area contributed by atoms with Crippen LogP contribution < -0.4 is 5.73 Å². The van der Waals surface area contributed by atoms with E-state index in [0.29, 0.717) is 6.42 Å². The summed E-state index contributed by atoms with van der Waals surface area (Å²) in [6.45, 7) is 0. The molecule has 0 spiro atoms. The minimum Gasteiger partial charge on any atom is -0.321 e. The van der Waals surface area contributed by atoms with Gasteiger partial charge in [-0.15, -0.1) is 0 Å². The van der Waals surface area contributed by atoms with Crippen molar-refractivity contribution in [3.05, 3.63) is 35.9 Å². The monoisotopic (exact) mass is 375 g/mol. The fourth-order valence-corrected chi connectivity index (χ4v) is 2.51. The van der Waals surface area contributed by atoms with E-state index in [2.05, 4.69) is 31.9 Å². The molecule has 2 atom stereocenters. The van der Waals surface area contributed by atoms with E-state index in [1.165, 1.54) is 0 Å². The molecule has 3 nitrogen and oxygen atoms in total. The van der Waals surface area contributed by atoms with Crippen LogP contribution in [0.5, 0.6) is 0 Å². The van der Waals surface area contributed by atoms with Crippen LogP contribution in [0.15, 0.2) is 30.3 Å². The van der Waals surface area contributed by atoms with Crippen molar-refractivity contribution in [2.75, 3.05) is 10.7 Å². The molecule has 0 aliphatic rings. The molecule has 0 fully saturated rings. The number of carbonyl (C=O) groups excluding carboxylic acids is 2. The summed E-state index contributed by atoms with van der Waals surface area (Å²) >= 11 is 6.23. The molecule has 0 aromatic heterocycles. The lowest BCUT2D eigenvalue weighted by atomic mass is 9.87. The molecule has 5 heteroatoms. The molecule has 0 aliphatic heterocycles. The van der Waals surface area contributed by atoms with E-state index in [0.717, 1.165) is 5.56 Å². The summed E-state index contributed by atoms with van der Waals surface area (Å²) < 4.78 is 0. The van der Waals surface area contributed by atoms with Crippen LogP contribution in [0.3, 0.4) is 0 Å². The first-order chi connectivity index (χ1) is 8.60. The van der Waals surface area contributed by atoms with Crippen LogP contribution in [0.25, 0.3) is 0 Å². The normalized spacial score (nSPS) is 13.9. The van der Waals surface area contributed by atoms with Gasteiger partial charge >= 0.3 is 0 Å². The summed E-state index contributed by atoms with van der Waals surface area (Å²) in [6.07, 6.45) is 0.491. The standard InChI is InChI=1S/C13H15Br2NO2/c14-7-11(17)10(13(16)12(18)8-15)6-9-4-2-1-3-5-9/h1-5,10,13H,6-8,16H2. The van der Waals surface area contributed by atoms with Crippen LogP contribution >= 0.6 is 31.9 Å². The minimum atomic E-state index is -0.755. The van der Waals surface area contributed by atoms with Crippen molar-refractivity contribution in [2.45, 2.75) is 12.5 Å². The number of hydrogen-bond donors (Lipinski definition) is 1. The second-order valence-electron chi connectivity index (χ2n) is 4.02. The van der Waals surface area contributed by atoms with Crippen molar-refractivity contribution in [1.29, 1.82) is 0 Å². The summed E-state index contributed by atoms with van der Waals surface area (Å²) in [5.74, 6) is -0.664. The highest BCUT2D eigenvalue weighted by molar-refractivity contribution is 9.09. The molecular weight excluding hydrogens is 362 g/mol. The first-order valence-corrected chi connectivity index (χ1v) is 7.81. The predicted octanol–water partition coefficient (Wildman–Crippen LogP) is 2.10. The molecule has 0 saturated carbocycles. The lowest BCUT2D eigenvalue weighted by Crippen LogP contribution is -2.44. The van der Waals surface area contributed by atoms with Gasteiger partial charge in [0.15, 0.2) is 5.78 Å². The summed E-state index contributed by atoms with van der Waals surface area (Å²) in [5, 5.41) is 0.392.